The van der Waals surface area contributed by atoms with E-state index in [0.717, 1.165) is 15.5 Å². The lowest BCUT2D eigenvalue weighted by Crippen LogP contribution is -2.35. The van der Waals surface area contributed by atoms with Gasteiger partial charge in [0.15, 0.2) is 11.7 Å². The first-order valence-corrected chi connectivity index (χ1v) is 9.60. The van der Waals surface area contributed by atoms with Crippen LogP contribution < -0.4 is 5.32 Å². The van der Waals surface area contributed by atoms with Crippen molar-refractivity contribution in [2.75, 3.05) is 7.11 Å². The van der Waals surface area contributed by atoms with Crippen LogP contribution in [-0.4, -0.2) is 33.8 Å². The predicted octanol–water partition coefficient (Wildman–Crippen LogP) is 3.73. The van der Waals surface area contributed by atoms with E-state index in [1.54, 1.807) is 43.5 Å². The van der Waals surface area contributed by atoms with Gasteiger partial charge in [-0.05, 0) is 44.5 Å². The Bertz CT molecular complexity index is 1030. The van der Waals surface area contributed by atoms with Crippen molar-refractivity contribution in [2.24, 2.45) is 0 Å². The zero-order chi connectivity index (χ0) is 20.4. The highest BCUT2D eigenvalue weighted by atomic mass is 79.9. The molecule has 3 aromatic rings. The fraction of sp³-hybridized carbons (Fsp3) is 0.300. The van der Waals surface area contributed by atoms with Crippen LogP contribution in [0.25, 0.3) is 11.0 Å². The lowest BCUT2D eigenvalue weighted by Gasteiger charge is -2.18. The molecule has 0 radical (unpaired) electrons. The maximum absolute atomic E-state index is 12.9. The Morgan fingerprint density at radius 2 is 1.89 bits per heavy atom. The van der Waals surface area contributed by atoms with Gasteiger partial charge < -0.3 is 10.1 Å². The monoisotopic (exact) mass is 444 g/mol. The van der Waals surface area contributed by atoms with Crippen molar-refractivity contribution in [1.29, 1.82) is 0 Å². The Morgan fingerprint density at radius 3 is 2.50 bits per heavy atom. The number of fused-ring (bicyclic) bond motifs is 1. The standard InChI is InChI=1S/C20H21BrN4O3/c1-11(2)25-18-14(10-22-25)9-16(12(3)23-18)19(26)24-17(20(27)28-4)13-5-7-15(21)8-6-13/h5-11,17H,1-4H3,(H,24,26). The number of halogens is 1. The second-order valence-corrected chi connectivity index (χ2v) is 7.61. The Morgan fingerprint density at radius 1 is 1.21 bits per heavy atom. The highest BCUT2D eigenvalue weighted by Gasteiger charge is 2.25. The molecule has 3 rings (SSSR count). The number of aryl methyl sites for hydroxylation is 1. The number of benzene rings is 1. The van der Waals surface area contributed by atoms with Crippen molar-refractivity contribution in [3.63, 3.8) is 0 Å². The second kappa shape index (κ2) is 8.10. The SMILES string of the molecule is COC(=O)C(NC(=O)c1cc2cnn(C(C)C)c2nc1C)c1ccc(Br)cc1. The van der Waals surface area contributed by atoms with Crippen molar-refractivity contribution in [1.82, 2.24) is 20.1 Å². The van der Waals surface area contributed by atoms with Crippen LogP contribution in [0.3, 0.4) is 0 Å². The molecule has 7 nitrogen and oxygen atoms in total. The molecule has 0 bridgehead atoms. The molecule has 0 saturated carbocycles. The van der Waals surface area contributed by atoms with E-state index in [0.29, 0.717) is 16.8 Å². The molecule has 2 heterocycles. The van der Waals surface area contributed by atoms with Crippen LogP contribution in [-0.2, 0) is 9.53 Å². The highest BCUT2D eigenvalue weighted by molar-refractivity contribution is 9.10. The summed E-state index contributed by atoms with van der Waals surface area (Å²) >= 11 is 3.36. The average molecular weight is 445 g/mol. The van der Waals surface area contributed by atoms with Crippen LogP contribution in [0.15, 0.2) is 41.0 Å². The minimum absolute atomic E-state index is 0.158. The summed E-state index contributed by atoms with van der Waals surface area (Å²) in [6, 6.07) is 8.10. The molecular formula is C20H21BrN4O3. The average Bonchev–Trinajstić information content (AvgIpc) is 3.08. The molecule has 28 heavy (non-hydrogen) atoms. The van der Waals surface area contributed by atoms with Gasteiger partial charge in [0.1, 0.15) is 0 Å². The van der Waals surface area contributed by atoms with Crippen LogP contribution >= 0.6 is 15.9 Å². The van der Waals surface area contributed by atoms with Crippen LogP contribution in [0.4, 0.5) is 0 Å². The molecule has 0 aliphatic heterocycles. The molecule has 1 amide bonds. The Labute approximate surface area is 171 Å². The molecule has 0 aliphatic rings. The minimum atomic E-state index is -0.918. The maximum atomic E-state index is 12.9. The van der Waals surface area contributed by atoms with Crippen LogP contribution in [0.2, 0.25) is 0 Å². The quantitative estimate of drug-likeness (QED) is 0.605. The number of aromatic nitrogens is 3. The summed E-state index contributed by atoms with van der Waals surface area (Å²) in [6.45, 7) is 5.80. The zero-order valence-corrected chi connectivity index (χ0v) is 17.6. The van der Waals surface area contributed by atoms with Gasteiger partial charge in [0.2, 0.25) is 0 Å². The number of nitrogens with one attached hydrogen (secondary N) is 1. The predicted molar refractivity (Wildman–Crippen MR) is 109 cm³/mol. The third-order valence-electron chi connectivity index (χ3n) is 4.41. The third kappa shape index (κ3) is 3.91. The molecule has 146 valence electrons. The number of amides is 1. The van der Waals surface area contributed by atoms with E-state index in [2.05, 4.69) is 31.3 Å². The van der Waals surface area contributed by atoms with Crippen LogP contribution in [0.1, 0.15) is 47.5 Å². The number of rotatable bonds is 5. The molecule has 1 unspecified atom stereocenters. The summed E-state index contributed by atoms with van der Waals surface area (Å²) in [5, 5.41) is 7.86. The molecular weight excluding hydrogens is 424 g/mol. The number of esters is 1. The van der Waals surface area contributed by atoms with E-state index in [9.17, 15) is 9.59 Å². The number of carbonyl (C=O) groups excluding carboxylic acids is 2. The number of pyridine rings is 1. The summed E-state index contributed by atoms with van der Waals surface area (Å²) in [5.74, 6) is -0.947. The molecule has 1 atom stereocenters. The number of hydrogen-bond acceptors (Lipinski definition) is 5. The fourth-order valence-electron chi connectivity index (χ4n) is 2.93. The number of ether oxygens (including phenoxy) is 1. The Balaban J connectivity index is 1.94. The van der Waals surface area contributed by atoms with Crippen molar-refractivity contribution >= 4 is 38.8 Å². The first-order chi connectivity index (χ1) is 13.3. The molecule has 8 heteroatoms. The number of carbonyl (C=O) groups is 2. The van der Waals surface area contributed by atoms with Gasteiger partial charge in [0, 0.05) is 15.9 Å². The fourth-order valence-corrected chi connectivity index (χ4v) is 3.20. The molecule has 1 N–H and O–H groups in total. The van der Waals surface area contributed by atoms with E-state index in [1.807, 2.05) is 18.5 Å². The number of nitrogens with zero attached hydrogens (tertiary/aromatic N) is 3. The van der Waals surface area contributed by atoms with E-state index in [-0.39, 0.29) is 6.04 Å². The van der Waals surface area contributed by atoms with Crippen molar-refractivity contribution in [2.45, 2.75) is 32.9 Å². The van der Waals surface area contributed by atoms with Gasteiger partial charge in [-0.15, -0.1) is 0 Å². The zero-order valence-electron chi connectivity index (χ0n) is 16.1. The first-order valence-electron chi connectivity index (χ1n) is 8.80. The lowest BCUT2D eigenvalue weighted by atomic mass is 10.1. The minimum Gasteiger partial charge on any atom is -0.467 e. The number of hydrogen-bond donors (Lipinski definition) is 1. The van der Waals surface area contributed by atoms with Crippen molar-refractivity contribution in [3.05, 3.63) is 57.8 Å². The Hall–Kier alpha value is -2.74. The van der Waals surface area contributed by atoms with Gasteiger partial charge in [-0.2, -0.15) is 5.10 Å². The largest absolute Gasteiger partial charge is 0.467 e. The maximum Gasteiger partial charge on any atom is 0.333 e. The molecule has 1 aromatic carbocycles. The van der Waals surface area contributed by atoms with Crippen molar-refractivity contribution < 1.29 is 14.3 Å². The van der Waals surface area contributed by atoms with E-state index >= 15 is 0 Å². The van der Waals surface area contributed by atoms with Gasteiger partial charge in [0.05, 0.1) is 24.6 Å². The normalized spacial score (nSPS) is 12.2. The molecule has 0 saturated heterocycles. The molecule has 0 aliphatic carbocycles. The summed E-state index contributed by atoms with van der Waals surface area (Å²) in [7, 11) is 1.29. The third-order valence-corrected chi connectivity index (χ3v) is 4.94. The molecule has 0 spiro atoms. The topological polar surface area (TPSA) is 86.1 Å². The van der Waals surface area contributed by atoms with Gasteiger partial charge in [-0.3, -0.25) is 4.79 Å². The van der Waals surface area contributed by atoms with E-state index in [1.165, 1.54) is 7.11 Å². The lowest BCUT2D eigenvalue weighted by molar-refractivity contribution is -0.143. The summed E-state index contributed by atoms with van der Waals surface area (Å²) in [6.07, 6.45) is 1.69. The Kier molecular flexibility index (Phi) is 5.79. The van der Waals surface area contributed by atoms with Gasteiger partial charge in [-0.25, -0.2) is 14.5 Å². The van der Waals surface area contributed by atoms with Crippen LogP contribution in [0.5, 0.6) is 0 Å². The second-order valence-electron chi connectivity index (χ2n) is 6.70. The van der Waals surface area contributed by atoms with Crippen molar-refractivity contribution in [3.8, 4) is 0 Å². The van der Waals surface area contributed by atoms with Crippen LogP contribution in [0, 0.1) is 6.92 Å². The highest BCUT2D eigenvalue weighted by Crippen LogP contribution is 2.22. The van der Waals surface area contributed by atoms with Gasteiger partial charge in [-0.1, -0.05) is 28.1 Å². The van der Waals surface area contributed by atoms with Gasteiger partial charge >= 0.3 is 5.97 Å². The summed E-state index contributed by atoms with van der Waals surface area (Å²) in [5.41, 5.74) is 2.30. The van der Waals surface area contributed by atoms with Gasteiger partial charge in [0.25, 0.3) is 5.91 Å². The van der Waals surface area contributed by atoms with E-state index in [4.69, 9.17) is 4.74 Å². The summed E-state index contributed by atoms with van der Waals surface area (Å²) < 4.78 is 7.55. The smallest absolute Gasteiger partial charge is 0.333 e. The number of methoxy groups -OCH3 is 1. The molecule has 0 fully saturated rings. The molecule has 2 aromatic heterocycles. The van der Waals surface area contributed by atoms with E-state index < -0.39 is 17.9 Å². The first kappa shape index (κ1) is 20.0. The summed E-state index contributed by atoms with van der Waals surface area (Å²) in [4.78, 5) is 29.7.